The minimum Gasteiger partial charge on any atom is -0.497 e. The molecule has 5 atom stereocenters. The number of carbonyl (C=O) groups excluding carboxylic acids is 4. The molecule has 57 heavy (non-hydrogen) atoms. The molecular weight excluding hydrogens is 751 g/mol. The Labute approximate surface area is 334 Å². The summed E-state index contributed by atoms with van der Waals surface area (Å²) >= 11 is 0. The van der Waals surface area contributed by atoms with E-state index in [1.54, 1.807) is 60.8 Å². The minimum absolute atomic E-state index is 0.0122. The predicted octanol–water partition coefficient (Wildman–Crippen LogP) is 5.26. The summed E-state index contributed by atoms with van der Waals surface area (Å²) in [5.74, 6) is -1.55. The number of fused-ring (bicyclic) bond motifs is 1. The number of methoxy groups -OCH3 is 1. The van der Waals surface area contributed by atoms with E-state index < -0.39 is 79.7 Å². The van der Waals surface area contributed by atoms with Crippen LogP contribution in [0.5, 0.6) is 11.5 Å². The van der Waals surface area contributed by atoms with Gasteiger partial charge in [0.15, 0.2) is 0 Å². The third-order valence-corrected chi connectivity index (χ3v) is 12.6. The summed E-state index contributed by atoms with van der Waals surface area (Å²) in [5.41, 5.74) is -1.16. The Morgan fingerprint density at radius 3 is 2.30 bits per heavy atom. The number of hydrogen-bond acceptors (Lipinski definition) is 10. The molecule has 0 bridgehead atoms. The first-order valence-electron chi connectivity index (χ1n) is 19.3. The maximum Gasteiger partial charge on any atom is 0.408 e. The van der Waals surface area contributed by atoms with Crippen LogP contribution in [0.3, 0.4) is 0 Å². The fourth-order valence-corrected chi connectivity index (χ4v) is 8.83. The molecule has 2 aliphatic carbocycles. The van der Waals surface area contributed by atoms with Crippen LogP contribution in [0.4, 0.5) is 4.79 Å². The molecule has 3 aromatic rings. The quantitative estimate of drug-likeness (QED) is 0.205. The van der Waals surface area contributed by atoms with Gasteiger partial charge in [-0.05, 0) is 57.6 Å². The number of nitrogens with zero attached hydrogens (tertiary/aromatic N) is 2. The Kier molecular flexibility index (Phi) is 11.4. The molecule has 3 aliphatic rings. The number of pyridine rings is 1. The molecule has 4 amide bonds. The molecule has 3 N–H and O–H groups in total. The number of ether oxygens (including phenoxy) is 3. The van der Waals surface area contributed by atoms with Crippen LogP contribution >= 0.6 is 0 Å². The van der Waals surface area contributed by atoms with E-state index in [0.29, 0.717) is 40.9 Å². The summed E-state index contributed by atoms with van der Waals surface area (Å²) in [4.78, 5) is 62.2. The van der Waals surface area contributed by atoms with Crippen LogP contribution in [0.1, 0.15) is 73.6 Å². The molecule has 0 spiro atoms. The summed E-state index contributed by atoms with van der Waals surface area (Å²) in [6.07, 6.45) is 1.77. The number of nitrogens with one attached hydrogen (secondary N) is 3. The van der Waals surface area contributed by atoms with Crippen molar-refractivity contribution >= 4 is 44.7 Å². The lowest BCUT2D eigenvalue weighted by atomic mass is 9.85. The van der Waals surface area contributed by atoms with Gasteiger partial charge in [0.2, 0.25) is 21.8 Å². The average molecular weight is 804 g/mol. The van der Waals surface area contributed by atoms with Crippen molar-refractivity contribution in [2.24, 2.45) is 11.3 Å². The van der Waals surface area contributed by atoms with Crippen molar-refractivity contribution in [3.63, 3.8) is 0 Å². The lowest BCUT2D eigenvalue weighted by molar-refractivity contribution is -0.143. The second kappa shape index (κ2) is 15.6. The molecule has 6 rings (SSSR count). The van der Waals surface area contributed by atoms with E-state index in [2.05, 4.69) is 21.9 Å². The zero-order valence-corrected chi connectivity index (χ0v) is 34.4. The van der Waals surface area contributed by atoms with Crippen LogP contribution in [0.25, 0.3) is 22.2 Å². The van der Waals surface area contributed by atoms with Gasteiger partial charge >= 0.3 is 6.09 Å². The van der Waals surface area contributed by atoms with Gasteiger partial charge < -0.3 is 29.7 Å². The van der Waals surface area contributed by atoms with E-state index in [0.717, 1.165) is 12.0 Å². The zero-order chi connectivity index (χ0) is 41.5. The maximum absolute atomic E-state index is 14.7. The third-order valence-electron chi connectivity index (χ3n) is 10.7. The normalized spacial score (nSPS) is 22.8. The molecular formula is C42H53N5O9S. The Balaban J connectivity index is 1.34. The van der Waals surface area contributed by atoms with Gasteiger partial charge in [-0.25, -0.2) is 18.2 Å². The van der Waals surface area contributed by atoms with E-state index >= 15 is 0 Å². The van der Waals surface area contributed by atoms with Gasteiger partial charge in [0.25, 0.3) is 5.91 Å². The molecule has 2 heterocycles. The topological polar surface area (TPSA) is 182 Å². The summed E-state index contributed by atoms with van der Waals surface area (Å²) in [6.45, 7) is 14.2. The van der Waals surface area contributed by atoms with Gasteiger partial charge in [-0.1, -0.05) is 63.6 Å². The number of alkyl carbamates (subject to hydrolysis) is 1. The zero-order valence-electron chi connectivity index (χ0n) is 33.6. The molecule has 0 radical (unpaired) electrons. The van der Waals surface area contributed by atoms with Crippen molar-refractivity contribution in [2.45, 2.75) is 108 Å². The first-order valence-corrected chi connectivity index (χ1v) is 20.8. The number of aromatic nitrogens is 1. The van der Waals surface area contributed by atoms with Crippen molar-refractivity contribution in [1.29, 1.82) is 0 Å². The van der Waals surface area contributed by atoms with Crippen LogP contribution < -0.4 is 24.8 Å². The third kappa shape index (κ3) is 9.03. The maximum atomic E-state index is 14.7. The molecule has 306 valence electrons. The van der Waals surface area contributed by atoms with Crippen LogP contribution in [0.15, 0.2) is 67.3 Å². The van der Waals surface area contributed by atoms with Crippen molar-refractivity contribution in [1.82, 2.24) is 25.2 Å². The first-order chi connectivity index (χ1) is 26.7. The van der Waals surface area contributed by atoms with Gasteiger partial charge in [0.1, 0.15) is 40.8 Å². The number of sulfonamides is 1. The lowest BCUT2D eigenvalue weighted by Crippen LogP contribution is -2.60. The summed E-state index contributed by atoms with van der Waals surface area (Å²) in [6, 6.07) is 14.5. The monoisotopic (exact) mass is 803 g/mol. The minimum atomic E-state index is -3.95. The number of likely N-dealkylation sites (tertiary alicyclic amines) is 1. The molecule has 1 saturated heterocycles. The highest BCUT2D eigenvalue weighted by atomic mass is 32.2. The molecule has 14 nitrogen and oxygen atoms in total. The van der Waals surface area contributed by atoms with Crippen molar-refractivity contribution in [3.8, 4) is 22.8 Å². The number of rotatable bonds is 12. The molecule has 1 aliphatic heterocycles. The summed E-state index contributed by atoms with van der Waals surface area (Å²) < 4.78 is 45.9. The van der Waals surface area contributed by atoms with E-state index in [1.165, 1.54) is 11.0 Å². The fraction of sp³-hybridized carbons (Fsp3) is 0.500. The van der Waals surface area contributed by atoms with E-state index in [-0.39, 0.29) is 19.4 Å². The Morgan fingerprint density at radius 2 is 1.72 bits per heavy atom. The number of hydrogen-bond donors (Lipinski definition) is 3. The van der Waals surface area contributed by atoms with Crippen LogP contribution in [-0.2, 0) is 29.1 Å². The van der Waals surface area contributed by atoms with Crippen LogP contribution in [-0.4, -0.2) is 90.3 Å². The fourth-order valence-electron chi connectivity index (χ4n) is 7.27. The van der Waals surface area contributed by atoms with Crippen molar-refractivity contribution in [3.05, 3.63) is 67.3 Å². The van der Waals surface area contributed by atoms with Gasteiger partial charge in [-0.15, -0.1) is 6.58 Å². The van der Waals surface area contributed by atoms with E-state index in [4.69, 9.17) is 19.2 Å². The SMILES string of the molecule is C=CC1C[C@]1(NC(=O)[C@@H]1C[C@@H](Oc2cc(-c3ccccc3)nc3cc(OC)ccc23)CN1C(=O)[C@@H](NC(=O)OC(C)(C)C)C(C)(C)C)C(=O)NS(=O)(=O)C1CCC1. The van der Waals surface area contributed by atoms with Crippen LogP contribution in [0.2, 0.25) is 0 Å². The van der Waals surface area contributed by atoms with Gasteiger partial charge in [-0.2, -0.15) is 0 Å². The van der Waals surface area contributed by atoms with Crippen molar-refractivity contribution < 1.29 is 41.8 Å². The second-order valence-corrected chi connectivity index (χ2v) is 19.2. The number of amides is 4. The van der Waals surface area contributed by atoms with E-state index in [1.807, 2.05) is 42.5 Å². The smallest absolute Gasteiger partial charge is 0.408 e. The number of benzene rings is 2. The molecule has 15 heteroatoms. The number of carbonyl (C=O) groups is 4. The Bertz CT molecular complexity index is 2160. The Hall–Kier alpha value is -5.18. The largest absolute Gasteiger partial charge is 0.497 e. The van der Waals surface area contributed by atoms with E-state index in [9.17, 15) is 27.6 Å². The molecule has 1 unspecified atom stereocenters. The molecule has 3 fully saturated rings. The standard InChI is InChI=1S/C42H53N5O9S/c1-9-26-23-42(26,38(50)46-57(52,53)29-16-13-17-29)45-36(48)33-21-28(24-47(33)37(49)35(40(2,3)4)44-39(51)56-41(5,6)7)55-34-22-31(25-14-11-10-12-15-25)43-32-20-27(54-8)18-19-30(32)34/h9-12,14-15,18-20,22,26,28-29,33,35H,1,13,16-17,21,23-24H2,2-8H3,(H,44,51)(H,45,48)(H,46,50)/t26?,28-,33+,35-,42-/m1/s1. The van der Waals surface area contributed by atoms with Gasteiger partial charge in [-0.3, -0.25) is 19.1 Å². The second-order valence-electron chi connectivity index (χ2n) is 17.2. The molecule has 2 saturated carbocycles. The van der Waals surface area contributed by atoms with Gasteiger partial charge in [0, 0.05) is 35.4 Å². The van der Waals surface area contributed by atoms with Crippen LogP contribution in [0, 0.1) is 11.3 Å². The molecule has 1 aromatic heterocycles. The first kappa shape index (κ1) is 41.5. The summed E-state index contributed by atoms with van der Waals surface area (Å²) in [5, 5.41) is 5.56. The highest BCUT2D eigenvalue weighted by molar-refractivity contribution is 7.90. The average Bonchev–Trinajstić information content (AvgIpc) is 3.66. The molecule has 2 aromatic carbocycles. The highest BCUT2D eigenvalue weighted by Crippen LogP contribution is 2.45. The lowest BCUT2D eigenvalue weighted by Gasteiger charge is -2.36. The predicted molar refractivity (Wildman–Crippen MR) is 215 cm³/mol. The Morgan fingerprint density at radius 1 is 1.02 bits per heavy atom. The van der Waals surface area contributed by atoms with Gasteiger partial charge in [0.05, 0.1) is 30.1 Å². The van der Waals surface area contributed by atoms with Crippen molar-refractivity contribution in [2.75, 3.05) is 13.7 Å². The highest BCUT2D eigenvalue weighted by Gasteiger charge is 2.62. The summed E-state index contributed by atoms with van der Waals surface area (Å²) in [7, 11) is -2.39.